The number of aromatic carboxylic acids is 1. The lowest BCUT2D eigenvalue weighted by Gasteiger charge is -2.32. The molecule has 1 fully saturated rings. The van der Waals surface area contributed by atoms with E-state index in [1.54, 1.807) is 12.4 Å². The standard InChI is InChI=1S/C23H19ClF2N6O2/c24-15-9-27-23(28-10-15)31-5-3-16(4-6-31)32-11-18(26)20-19(29-12-30-21(20)32)8-13-1-2-14(22(33)34)7-17(13)25/h1-2,7,9-12,16H,3-6,8H2,(H,33,34). The number of benzene rings is 1. The first-order valence-corrected chi connectivity index (χ1v) is 11.0. The van der Waals surface area contributed by atoms with E-state index in [1.807, 2.05) is 4.57 Å². The largest absolute Gasteiger partial charge is 0.478 e. The van der Waals surface area contributed by atoms with Crippen LogP contribution in [0.1, 0.15) is 40.5 Å². The summed E-state index contributed by atoms with van der Waals surface area (Å²) in [6, 6.07) is 3.68. The number of hydrogen-bond acceptors (Lipinski definition) is 6. The highest BCUT2D eigenvalue weighted by molar-refractivity contribution is 6.30. The van der Waals surface area contributed by atoms with Gasteiger partial charge in [-0.05, 0) is 30.5 Å². The van der Waals surface area contributed by atoms with Crippen molar-refractivity contribution in [2.24, 2.45) is 0 Å². The van der Waals surface area contributed by atoms with Crippen molar-refractivity contribution in [3.8, 4) is 0 Å². The maximum atomic E-state index is 15.1. The number of halogens is 3. The number of fused-ring (bicyclic) bond motifs is 1. The van der Waals surface area contributed by atoms with Gasteiger partial charge in [0.05, 0.1) is 34.1 Å². The summed E-state index contributed by atoms with van der Waals surface area (Å²) in [6.07, 6.45) is 7.36. The molecule has 8 nitrogen and oxygen atoms in total. The van der Waals surface area contributed by atoms with Gasteiger partial charge in [-0.15, -0.1) is 0 Å². The van der Waals surface area contributed by atoms with Crippen LogP contribution in [0.3, 0.4) is 0 Å². The van der Waals surface area contributed by atoms with E-state index in [2.05, 4.69) is 24.8 Å². The van der Waals surface area contributed by atoms with E-state index in [0.717, 1.165) is 18.9 Å². The normalized spacial score (nSPS) is 14.6. The van der Waals surface area contributed by atoms with Crippen LogP contribution in [0.5, 0.6) is 0 Å². The smallest absolute Gasteiger partial charge is 0.335 e. The fourth-order valence-corrected chi connectivity index (χ4v) is 4.43. The second-order valence-corrected chi connectivity index (χ2v) is 8.55. The van der Waals surface area contributed by atoms with Crippen LogP contribution < -0.4 is 4.90 Å². The number of carboxylic acid groups (broad SMARTS) is 1. The summed E-state index contributed by atoms with van der Waals surface area (Å²) in [6.45, 7) is 1.37. The molecule has 4 aromatic rings. The van der Waals surface area contributed by atoms with E-state index in [1.165, 1.54) is 24.7 Å². The highest BCUT2D eigenvalue weighted by Gasteiger charge is 2.26. The highest BCUT2D eigenvalue weighted by Crippen LogP contribution is 2.31. The minimum absolute atomic E-state index is 0.0119. The molecule has 5 rings (SSSR count). The minimum atomic E-state index is -1.22. The average Bonchev–Trinajstić information content (AvgIpc) is 3.18. The summed E-state index contributed by atoms with van der Waals surface area (Å²) in [5.74, 6) is -1.77. The summed E-state index contributed by atoms with van der Waals surface area (Å²) >= 11 is 5.86. The number of carbonyl (C=O) groups is 1. The van der Waals surface area contributed by atoms with Gasteiger partial charge in [0, 0.05) is 31.7 Å². The van der Waals surface area contributed by atoms with E-state index in [9.17, 15) is 9.18 Å². The molecule has 0 amide bonds. The van der Waals surface area contributed by atoms with Crippen LogP contribution in [0, 0.1) is 11.6 Å². The number of piperidine rings is 1. The lowest BCUT2D eigenvalue weighted by Crippen LogP contribution is -2.35. The Labute approximate surface area is 197 Å². The van der Waals surface area contributed by atoms with Crippen LogP contribution in [0.2, 0.25) is 5.02 Å². The van der Waals surface area contributed by atoms with Gasteiger partial charge in [0.1, 0.15) is 17.8 Å². The van der Waals surface area contributed by atoms with E-state index < -0.39 is 17.6 Å². The molecule has 0 spiro atoms. The van der Waals surface area contributed by atoms with Crippen LogP contribution in [0.15, 0.2) is 43.1 Å². The van der Waals surface area contributed by atoms with Crippen molar-refractivity contribution >= 4 is 34.6 Å². The lowest BCUT2D eigenvalue weighted by molar-refractivity contribution is 0.0696. The molecule has 0 atom stereocenters. The predicted octanol–water partition coefficient (Wildman–Crippen LogP) is 4.28. The maximum absolute atomic E-state index is 15.1. The quantitative estimate of drug-likeness (QED) is 0.451. The van der Waals surface area contributed by atoms with Crippen LogP contribution in [-0.2, 0) is 6.42 Å². The number of aromatic nitrogens is 5. The van der Waals surface area contributed by atoms with Crippen molar-refractivity contribution in [3.63, 3.8) is 0 Å². The third-order valence-electron chi connectivity index (χ3n) is 6.05. The zero-order chi connectivity index (χ0) is 23.8. The molecule has 11 heteroatoms. The minimum Gasteiger partial charge on any atom is -0.478 e. The molecule has 4 heterocycles. The van der Waals surface area contributed by atoms with Gasteiger partial charge in [0.25, 0.3) is 0 Å². The van der Waals surface area contributed by atoms with Crippen LogP contribution >= 0.6 is 11.6 Å². The Kier molecular flexibility index (Phi) is 5.82. The molecular weight excluding hydrogens is 466 g/mol. The van der Waals surface area contributed by atoms with Gasteiger partial charge in [-0.1, -0.05) is 17.7 Å². The molecule has 3 aromatic heterocycles. The monoisotopic (exact) mass is 484 g/mol. The van der Waals surface area contributed by atoms with E-state index >= 15 is 4.39 Å². The van der Waals surface area contributed by atoms with Crippen molar-refractivity contribution in [2.45, 2.75) is 25.3 Å². The fourth-order valence-electron chi connectivity index (χ4n) is 4.33. The molecule has 0 radical (unpaired) electrons. The summed E-state index contributed by atoms with van der Waals surface area (Å²) in [5.41, 5.74) is 0.872. The van der Waals surface area contributed by atoms with E-state index in [4.69, 9.17) is 16.7 Å². The third kappa shape index (κ3) is 4.16. The molecule has 174 valence electrons. The second kappa shape index (κ2) is 8.94. The molecule has 1 aromatic carbocycles. The van der Waals surface area contributed by atoms with Crippen LogP contribution in [-0.4, -0.2) is 48.7 Å². The Hall–Kier alpha value is -3.66. The van der Waals surface area contributed by atoms with Crippen molar-refractivity contribution < 1.29 is 18.7 Å². The molecule has 1 aliphatic heterocycles. The molecule has 34 heavy (non-hydrogen) atoms. The van der Waals surface area contributed by atoms with Gasteiger partial charge < -0.3 is 14.6 Å². The Bertz CT molecular complexity index is 1370. The molecule has 0 unspecified atom stereocenters. The van der Waals surface area contributed by atoms with Gasteiger partial charge in [0.2, 0.25) is 5.95 Å². The van der Waals surface area contributed by atoms with Gasteiger partial charge in [-0.25, -0.2) is 33.5 Å². The Morgan fingerprint density at radius 1 is 1.09 bits per heavy atom. The number of rotatable bonds is 5. The summed E-state index contributed by atoms with van der Waals surface area (Å²) in [7, 11) is 0. The van der Waals surface area contributed by atoms with E-state index in [-0.39, 0.29) is 29.0 Å². The molecule has 0 saturated carbocycles. The van der Waals surface area contributed by atoms with Crippen molar-refractivity contribution in [3.05, 3.63) is 76.6 Å². The first-order chi connectivity index (χ1) is 16.4. The number of carboxylic acids is 1. The third-order valence-corrected chi connectivity index (χ3v) is 6.24. The Balaban J connectivity index is 1.39. The molecule has 1 saturated heterocycles. The SMILES string of the molecule is O=C(O)c1ccc(Cc2ncnc3c2c(F)cn3C2CCN(c3ncc(Cl)cn3)CC2)c(F)c1. The topological polar surface area (TPSA) is 97.0 Å². The van der Waals surface area contributed by atoms with Crippen LogP contribution in [0.4, 0.5) is 14.7 Å². The molecule has 1 aliphatic rings. The second-order valence-electron chi connectivity index (χ2n) is 8.11. The van der Waals surface area contributed by atoms with Gasteiger partial charge >= 0.3 is 5.97 Å². The molecule has 1 N–H and O–H groups in total. The Morgan fingerprint density at radius 3 is 2.50 bits per heavy atom. The van der Waals surface area contributed by atoms with Gasteiger partial charge in [0.15, 0.2) is 5.82 Å². The number of nitrogens with zero attached hydrogens (tertiary/aromatic N) is 6. The first-order valence-electron chi connectivity index (χ1n) is 10.6. The van der Waals surface area contributed by atoms with E-state index in [0.29, 0.717) is 35.4 Å². The van der Waals surface area contributed by atoms with Crippen LogP contribution in [0.25, 0.3) is 11.0 Å². The fraction of sp³-hybridized carbons (Fsp3) is 0.261. The van der Waals surface area contributed by atoms with Gasteiger partial charge in [-0.2, -0.15) is 0 Å². The Morgan fingerprint density at radius 2 is 1.82 bits per heavy atom. The maximum Gasteiger partial charge on any atom is 0.335 e. The summed E-state index contributed by atoms with van der Waals surface area (Å²) in [5, 5.41) is 9.75. The zero-order valence-electron chi connectivity index (χ0n) is 17.8. The number of anilines is 1. The summed E-state index contributed by atoms with van der Waals surface area (Å²) in [4.78, 5) is 30.1. The lowest BCUT2D eigenvalue weighted by atomic mass is 10.0. The predicted molar refractivity (Wildman–Crippen MR) is 121 cm³/mol. The van der Waals surface area contributed by atoms with Crippen molar-refractivity contribution in [1.82, 2.24) is 24.5 Å². The van der Waals surface area contributed by atoms with Crippen molar-refractivity contribution in [1.29, 1.82) is 0 Å². The molecule has 0 aliphatic carbocycles. The van der Waals surface area contributed by atoms with Gasteiger partial charge in [-0.3, -0.25) is 0 Å². The molecule has 0 bridgehead atoms. The number of hydrogen-bond donors (Lipinski definition) is 1. The zero-order valence-corrected chi connectivity index (χ0v) is 18.6. The molecular formula is C23H19ClF2N6O2. The average molecular weight is 485 g/mol. The van der Waals surface area contributed by atoms with Crippen molar-refractivity contribution in [2.75, 3.05) is 18.0 Å². The highest BCUT2D eigenvalue weighted by atomic mass is 35.5. The first kappa shape index (κ1) is 22.1. The summed E-state index contributed by atoms with van der Waals surface area (Å²) < 4.78 is 31.3.